The maximum Gasteiger partial charge on any atom is 0.0721 e. The van der Waals surface area contributed by atoms with Crippen molar-refractivity contribution in [1.29, 1.82) is 0 Å². The molecule has 0 aliphatic heterocycles. The molecule has 0 saturated carbocycles. The first-order chi connectivity index (χ1) is 9.36. The molecule has 2 aromatic carbocycles. The van der Waals surface area contributed by atoms with Crippen LogP contribution in [0.25, 0.3) is 0 Å². The maximum atomic E-state index is 5.61. The van der Waals surface area contributed by atoms with Gasteiger partial charge in [-0.25, -0.2) is 5.90 Å². The van der Waals surface area contributed by atoms with E-state index in [9.17, 15) is 0 Å². The van der Waals surface area contributed by atoms with Crippen molar-refractivity contribution in [2.45, 2.75) is 20.1 Å². The molecule has 0 unspecified atom stereocenters. The van der Waals surface area contributed by atoms with Crippen LogP contribution in [0.3, 0.4) is 0 Å². The predicted octanol–water partition coefficient (Wildman–Crippen LogP) is 3.30. The highest BCUT2D eigenvalue weighted by Crippen LogP contribution is 2.05. The summed E-state index contributed by atoms with van der Waals surface area (Å²) in [4.78, 5) is 4.04. The average molecular weight is 259 g/mol. The van der Waals surface area contributed by atoms with Crippen LogP contribution in [0.5, 0.6) is 0 Å². The Kier molecular flexibility index (Phi) is 8.31. The lowest BCUT2D eigenvalue weighted by atomic mass is 10.2. The molecular weight excluding hydrogens is 238 g/mol. The Morgan fingerprint density at radius 2 is 1.16 bits per heavy atom. The van der Waals surface area contributed by atoms with Gasteiger partial charge < -0.3 is 9.57 Å². The van der Waals surface area contributed by atoms with Crippen LogP contribution in [0.15, 0.2) is 60.7 Å². The second-order valence-corrected chi connectivity index (χ2v) is 3.92. The summed E-state index contributed by atoms with van der Waals surface area (Å²) in [5.41, 5.74) is 2.43. The smallest absolute Gasteiger partial charge is 0.0721 e. The molecule has 102 valence electrons. The number of hydrogen-bond donors (Lipinski definition) is 1. The monoisotopic (exact) mass is 259 g/mol. The first-order valence-electron chi connectivity index (χ1n) is 6.34. The lowest BCUT2D eigenvalue weighted by Gasteiger charge is -2.03. The van der Waals surface area contributed by atoms with Gasteiger partial charge in [-0.1, -0.05) is 60.7 Å². The van der Waals surface area contributed by atoms with E-state index >= 15 is 0 Å². The lowest BCUT2D eigenvalue weighted by Crippen LogP contribution is -1.94. The summed E-state index contributed by atoms with van der Waals surface area (Å²) in [6.45, 7) is 3.78. The third kappa shape index (κ3) is 7.36. The molecule has 0 spiro atoms. The Bertz CT molecular complexity index is 376. The highest BCUT2D eigenvalue weighted by molar-refractivity contribution is 5.15. The van der Waals surface area contributed by atoms with Crippen molar-refractivity contribution in [1.82, 2.24) is 0 Å². The highest BCUT2D eigenvalue weighted by Gasteiger charge is 1.93. The summed E-state index contributed by atoms with van der Waals surface area (Å²) in [5.74, 6) is 4.53. The molecule has 0 fully saturated rings. The van der Waals surface area contributed by atoms with Crippen molar-refractivity contribution < 1.29 is 9.57 Å². The van der Waals surface area contributed by atoms with E-state index < -0.39 is 0 Å². The van der Waals surface area contributed by atoms with Crippen LogP contribution < -0.4 is 5.90 Å². The number of hydrogen-bond acceptors (Lipinski definition) is 3. The molecule has 0 heterocycles. The van der Waals surface area contributed by atoms with Gasteiger partial charge in [0, 0.05) is 0 Å². The molecule has 2 rings (SSSR count). The van der Waals surface area contributed by atoms with Crippen LogP contribution in [0.1, 0.15) is 18.1 Å². The normalized spacial score (nSPS) is 9.58. The number of rotatable bonds is 5. The summed E-state index contributed by atoms with van der Waals surface area (Å²) >= 11 is 0. The predicted molar refractivity (Wildman–Crippen MR) is 77.2 cm³/mol. The van der Waals surface area contributed by atoms with E-state index in [0.717, 1.165) is 0 Å². The fraction of sp³-hybridized carbons (Fsp3) is 0.250. The Hall–Kier alpha value is -1.68. The summed E-state index contributed by atoms with van der Waals surface area (Å²) in [6.07, 6.45) is 0. The molecule has 2 N–H and O–H groups in total. The minimum Gasteiger partial charge on any atom is -0.372 e. The van der Waals surface area contributed by atoms with Gasteiger partial charge in [0.25, 0.3) is 0 Å². The van der Waals surface area contributed by atoms with Crippen molar-refractivity contribution in [3.8, 4) is 0 Å². The van der Waals surface area contributed by atoms with Gasteiger partial charge in [0.2, 0.25) is 0 Å². The van der Waals surface area contributed by atoms with Crippen LogP contribution >= 0.6 is 0 Å². The van der Waals surface area contributed by atoms with E-state index in [0.29, 0.717) is 19.8 Å². The Labute approximate surface area is 114 Å². The zero-order valence-corrected chi connectivity index (χ0v) is 11.3. The van der Waals surface area contributed by atoms with Crippen molar-refractivity contribution in [2.24, 2.45) is 5.90 Å². The minimum absolute atomic E-state index is 0.597. The quantitative estimate of drug-likeness (QED) is 0.838. The summed E-state index contributed by atoms with van der Waals surface area (Å²) in [5, 5.41) is 0. The fourth-order valence-electron chi connectivity index (χ4n) is 1.44. The SMILES string of the molecule is CCON.c1ccc(COCc2ccccc2)cc1. The topological polar surface area (TPSA) is 44.5 Å². The van der Waals surface area contributed by atoms with E-state index in [2.05, 4.69) is 35.0 Å². The molecular formula is C16H21NO2. The number of ether oxygens (including phenoxy) is 1. The van der Waals surface area contributed by atoms with Gasteiger partial charge in [0.15, 0.2) is 0 Å². The third-order valence-corrected chi connectivity index (χ3v) is 2.39. The van der Waals surface area contributed by atoms with E-state index in [4.69, 9.17) is 4.74 Å². The standard InChI is InChI=1S/C14H14O.C2H7NO/c1-3-7-13(8-4-1)11-15-12-14-9-5-2-6-10-14;1-2-4-3/h1-10H,11-12H2;2-3H2,1H3. The molecule has 0 saturated heterocycles. The average Bonchev–Trinajstić information content (AvgIpc) is 2.50. The summed E-state index contributed by atoms with van der Waals surface area (Å²) in [6, 6.07) is 20.4. The van der Waals surface area contributed by atoms with Crippen LogP contribution in [-0.4, -0.2) is 6.61 Å². The Morgan fingerprint density at radius 3 is 1.47 bits per heavy atom. The van der Waals surface area contributed by atoms with Crippen LogP contribution in [0.2, 0.25) is 0 Å². The Morgan fingerprint density at radius 1 is 0.789 bits per heavy atom. The molecule has 0 amide bonds. The van der Waals surface area contributed by atoms with Gasteiger partial charge >= 0.3 is 0 Å². The molecule has 0 atom stereocenters. The van der Waals surface area contributed by atoms with Crippen molar-refractivity contribution in [2.75, 3.05) is 6.61 Å². The lowest BCUT2D eigenvalue weighted by molar-refractivity contribution is 0.107. The van der Waals surface area contributed by atoms with Gasteiger partial charge in [-0.3, -0.25) is 0 Å². The molecule has 0 aromatic heterocycles. The second kappa shape index (κ2) is 10.3. The van der Waals surface area contributed by atoms with E-state index in [1.165, 1.54) is 11.1 Å². The number of benzene rings is 2. The van der Waals surface area contributed by atoms with Crippen LogP contribution in [-0.2, 0) is 22.8 Å². The molecule has 0 aliphatic carbocycles. The Balaban J connectivity index is 0.000000399. The maximum absolute atomic E-state index is 5.61. The van der Waals surface area contributed by atoms with Crippen LogP contribution in [0.4, 0.5) is 0 Å². The van der Waals surface area contributed by atoms with Crippen molar-refractivity contribution in [3.05, 3.63) is 71.8 Å². The van der Waals surface area contributed by atoms with Crippen LogP contribution in [0, 0.1) is 0 Å². The van der Waals surface area contributed by atoms with Crippen molar-refractivity contribution in [3.63, 3.8) is 0 Å². The molecule has 0 bridgehead atoms. The fourth-order valence-corrected chi connectivity index (χ4v) is 1.44. The molecule has 0 radical (unpaired) electrons. The minimum atomic E-state index is 0.597. The summed E-state index contributed by atoms with van der Waals surface area (Å²) in [7, 11) is 0. The third-order valence-electron chi connectivity index (χ3n) is 2.39. The van der Waals surface area contributed by atoms with Gasteiger partial charge in [0.1, 0.15) is 0 Å². The summed E-state index contributed by atoms with van der Waals surface area (Å²) < 4.78 is 5.61. The number of nitrogens with two attached hydrogens (primary N) is 1. The van der Waals surface area contributed by atoms with Crippen molar-refractivity contribution >= 4 is 0 Å². The molecule has 0 aliphatic rings. The largest absolute Gasteiger partial charge is 0.372 e. The molecule has 3 nitrogen and oxygen atoms in total. The first kappa shape index (κ1) is 15.4. The van der Waals surface area contributed by atoms with Gasteiger partial charge in [0.05, 0.1) is 19.8 Å². The molecule has 2 aromatic rings. The van der Waals surface area contributed by atoms with Gasteiger partial charge in [-0.05, 0) is 18.1 Å². The zero-order valence-electron chi connectivity index (χ0n) is 11.3. The second-order valence-electron chi connectivity index (χ2n) is 3.92. The van der Waals surface area contributed by atoms with E-state index in [-0.39, 0.29) is 0 Å². The van der Waals surface area contributed by atoms with E-state index in [1.54, 1.807) is 0 Å². The molecule has 19 heavy (non-hydrogen) atoms. The molecule has 3 heteroatoms. The van der Waals surface area contributed by atoms with Gasteiger partial charge in [-0.2, -0.15) is 0 Å². The highest BCUT2D eigenvalue weighted by atomic mass is 16.6. The van der Waals surface area contributed by atoms with E-state index in [1.807, 2.05) is 43.3 Å². The first-order valence-corrected chi connectivity index (χ1v) is 6.34. The van der Waals surface area contributed by atoms with Gasteiger partial charge in [-0.15, -0.1) is 0 Å². The zero-order chi connectivity index (χ0) is 13.8.